The quantitative estimate of drug-likeness (QED) is 0.905. The highest BCUT2D eigenvalue weighted by atomic mass is 79.9. The van der Waals surface area contributed by atoms with Crippen molar-refractivity contribution >= 4 is 15.9 Å². The molecule has 0 aliphatic carbocycles. The molecule has 2 rings (SSSR count). The molecule has 1 fully saturated rings. The third kappa shape index (κ3) is 3.81. The molecular weight excluding hydrogens is 290 g/mol. The van der Waals surface area contributed by atoms with E-state index in [1.54, 1.807) is 0 Å². The summed E-state index contributed by atoms with van der Waals surface area (Å²) in [5.41, 5.74) is 1.34. The molecule has 0 aromatic heterocycles. The lowest BCUT2D eigenvalue weighted by Crippen LogP contribution is -2.39. The van der Waals surface area contributed by atoms with Crippen LogP contribution in [-0.4, -0.2) is 18.8 Å². The van der Waals surface area contributed by atoms with Crippen molar-refractivity contribution in [2.24, 2.45) is 0 Å². The zero-order valence-corrected chi connectivity index (χ0v) is 12.7. The van der Waals surface area contributed by atoms with Gasteiger partial charge in [-0.25, -0.2) is 0 Å². The van der Waals surface area contributed by atoms with E-state index in [-0.39, 0.29) is 0 Å². The van der Waals surface area contributed by atoms with Crippen molar-refractivity contribution in [3.8, 4) is 0 Å². The number of hydrogen-bond acceptors (Lipinski definition) is 2. The van der Waals surface area contributed by atoms with Crippen molar-refractivity contribution < 1.29 is 4.74 Å². The Kier molecular flexibility index (Phi) is 5.22. The zero-order valence-electron chi connectivity index (χ0n) is 11.2. The molecule has 1 aromatic rings. The molecule has 100 valence electrons. The predicted molar refractivity (Wildman–Crippen MR) is 78.7 cm³/mol. The molecular formula is C15H22BrNO. The molecule has 18 heavy (non-hydrogen) atoms. The van der Waals surface area contributed by atoms with Gasteiger partial charge in [-0.2, -0.15) is 0 Å². The largest absolute Gasteiger partial charge is 0.378 e. The Labute approximate surface area is 118 Å². The summed E-state index contributed by atoms with van der Waals surface area (Å²) in [4.78, 5) is 0. The van der Waals surface area contributed by atoms with E-state index in [1.165, 1.54) is 5.56 Å². The van der Waals surface area contributed by atoms with Crippen LogP contribution in [0.5, 0.6) is 0 Å². The van der Waals surface area contributed by atoms with Gasteiger partial charge in [0.05, 0.1) is 6.10 Å². The molecule has 0 bridgehead atoms. The van der Waals surface area contributed by atoms with Gasteiger partial charge in [0.2, 0.25) is 0 Å². The Balaban J connectivity index is 1.92. The lowest BCUT2D eigenvalue weighted by molar-refractivity contribution is -0.00165. The van der Waals surface area contributed by atoms with Gasteiger partial charge in [-0.15, -0.1) is 0 Å². The van der Waals surface area contributed by atoms with Gasteiger partial charge in [-0.3, -0.25) is 0 Å². The number of halogens is 1. The Morgan fingerprint density at radius 3 is 3.06 bits per heavy atom. The predicted octanol–water partition coefficient (Wildman–Crippen LogP) is 4.06. The van der Waals surface area contributed by atoms with Gasteiger partial charge < -0.3 is 10.1 Å². The van der Waals surface area contributed by atoms with Crippen LogP contribution in [0.1, 0.15) is 44.7 Å². The van der Waals surface area contributed by atoms with E-state index in [2.05, 4.69) is 59.4 Å². The lowest BCUT2D eigenvalue weighted by Gasteiger charge is -2.32. The Bertz CT molecular complexity index is 383. The van der Waals surface area contributed by atoms with Gasteiger partial charge in [0.1, 0.15) is 0 Å². The van der Waals surface area contributed by atoms with Gasteiger partial charge >= 0.3 is 0 Å². The molecule has 3 atom stereocenters. The summed E-state index contributed by atoms with van der Waals surface area (Å²) in [5.74, 6) is 0. The molecule has 0 amide bonds. The van der Waals surface area contributed by atoms with E-state index in [9.17, 15) is 0 Å². The average molecular weight is 312 g/mol. The molecule has 1 aromatic carbocycles. The maximum absolute atomic E-state index is 5.72. The molecule has 0 spiro atoms. The first-order chi connectivity index (χ1) is 8.69. The summed E-state index contributed by atoms with van der Waals surface area (Å²) < 4.78 is 6.86. The smallest absolute Gasteiger partial charge is 0.0587 e. The second-order valence-electron chi connectivity index (χ2n) is 5.07. The van der Waals surface area contributed by atoms with Crippen molar-refractivity contribution in [3.63, 3.8) is 0 Å². The van der Waals surface area contributed by atoms with Crippen LogP contribution < -0.4 is 5.32 Å². The summed E-state index contributed by atoms with van der Waals surface area (Å²) in [7, 11) is 0. The molecule has 1 aliphatic heterocycles. The molecule has 2 unspecified atom stereocenters. The minimum atomic E-state index is 0.392. The van der Waals surface area contributed by atoms with Gasteiger partial charge in [0.25, 0.3) is 0 Å². The van der Waals surface area contributed by atoms with Crippen LogP contribution in [0.15, 0.2) is 28.7 Å². The normalized spacial score (nSPS) is 25.9. The number of benzene rings is 1. The Hall–Kier alpha value is -0.380. The van der Waals surface area contributed by atoms with E-state index in [4.69, 9.17) is 4.74 Å². The standard InChI is InChI=1S/C15H22BrNO/c1-3-15-10-14(7-8-18-15)17-11(2)12-5-4-6-13(16)9-12/h4-6,9,11,14-15,17H,3,7-8,10H2,1-2H3/t11-,14?,15?/m1/s1. The van der Waals surface area contributed by atoms with Crippen LogP contribution in [0.2, 0.25) is 0 Å². The van der Waals surface area contributed by atoms with E-state index in [0.717, 1.165) is 30.3 Å². The summed E-state index contributed by atoms with van der Waals surface area (Å²) in [6.07, 6.45) is 3.80. The average Bonchev–Trinajstić information content (AvgIpc) is 2.39. The first kappa shape index (κ1) is 14.0. The van der Waals surface area contributed by atoms with Crippen molar-refractivity contribution in [1.82, 2.24) is 5.32 Å². The summed E-state index contributed by atoms with van der Waals surface area (Å²) in [6, 6.07) is 9.50. The van der Waals surface area contributed by atoms with E-state index in [1.807, 2.05) is 0 Å². The van der Waals surface area contributed by atoms with Crippen LogP contribution in [0, 0.1) is 0 Å². The highest BCUT2D eigenvalue weighted by molar-refractivity contribution is 9.10. The first-order valence-electron chi connectivity index (χ1n) is 6.82. The maximum Gasteiger partial charge on any atom is 0.0587 e. The van der Waals surface area contributed by atoms with E-state index >= 15 is 0 Å². The molecule has 1 heterocycles. The van der Waals surface area contributed by atoms with Gasteiger partial charge in [0, 0.05) is 23.2 Å². The van der Waals surface area contributed by atoms with Crippen molar-refractivity contribution in [3.05, 3.63) is 34.3 Å². The molecule has 1 N–H and O–H groups in total. The fourth-order valence-corrected chi connectivity index (χ4v) is 2.96. The Morgan fingerprint density at radius 2 is 2.33 bits per heavy atom. The SMILES string of the molecule is CCC1CC(N[C@H](C)c2cccc(Br)c2)CCO1. The highest BCUT2D eigenvalue weighted by Crippen LogP contribution is 2.22. The van der Waals surface area contributed by atoms with Crippen molar-refractivity contribution in [2.75, 3.05) is 6.61 Å². The third-order valence-electron chi connectivity index (χ3n) is 3.66. The minimum Gasteiger partial charge on any atom is -0.378 e. The molecule has 1 saturated heterocycles. The van der Waals surface area contributed by atoms with Gasteiger partial charge in [-0.1, -0.05) is 35.0 Å². The molecule has 3 heteroatoms. The fraction of sp³-hybridized carbons (Fsp3) is 0.600. The van der Waals surface area contributed by atoms with Crippen LogP contribution in [0.25, 0.3) is 0 Å². The number of ether oxygens (including phenoxy) is 1. The molecule has 2 nitrogen and oxygen atoms in total. The first-order valence-corrected chi connectivity index (χ1v) is 7.61. The molecule has 0 saturated carbocycles. The minimum absolute atomic E-state index is 0.392. The zero-order chi connectivity index (χ0) is 13.0. The van der Waals surface area contributed by atoms with Crippen LogP contribution in [0.4, 0.5) is 0 Å². The van der Waals surface area contributed by atoms with Crippen LogP contribution >= 0.6 is 15.9 Å². The number of rotatable bonds is 4. The second kappa shape index (κ2) is 6.69. The van der Waals surface area contributed by atoms with Gasteiger partial charge in [0.15, 0.2) is 0 Å². The summed E-state index contributed by atoms with van der Waals surface area (Å²) >= 11 is 3.53. The van der Waals surface area contributed by atoms with E-state index in [0.29, 0.717) is 18.2 Å². The number of nitrogens with one attached hydrogen (secondary N) is 1. The maximum atomic E-state index is 5.72. The topological polar surface area (TPSA) is 21.3 Å². The summed E-state index contributed by atoms with van der Waals surface area (Å²) in [6.45, 7) is 5.32. The summed E-state index contributed by atoms with van der Waals surface area (Å²) in [5, 5.41) is 3.73. The van der Waals surface area contributed by atoms with Crippen LogP contribution in [0.3, 0.4) is 0 Å². The number of hydrogen-bond donors (Lipinski definition) is 1. The monoisotopic (exact) mass is 311 g/mol. The van der Waals surface area contributed by atoms with Crippen molar-refractivity contribution in [1.29, 1.82) is 0 Å². The molecule has 0 radical (unpaired) electrons. The lowest BCUT2D eigenvalue weighted by atomic mass is 9.99. The third-order valence-corrected chi connectivity index (χ3v) is 4.15. The van der Waals surface area contributed by atoms with Gasteiger partial charge in [-0.05, 0) is 43.9 Å². The highest BCUT2D eigenvalue weighted by Gasteiger charge is 2.22. The van der Waals surface area contributed by atoms with Crippen molar-refractivity contribution in [2.45, 2.75) is 51.3 Å². The van der Waals surface area contributed by atoms with E-state index < -0.39 is 0 Å². The van der Waals surface area contributed by atoms with Crippen LogP contribution in [-0.2, 0) is 4.74 Å². The Morgan fingerprint density at radius 1 is 1.50 bits per heavy atom. The second-order valence-corrected chi connectivity index (χ2v) is 5.98. The fourth-order valence-electron chi connectivity index (χ4n) is 2.54. The molecule has 1 aliphatic rings.